The van der Waals surface area contributed by atoms with Crippen molar-refractivity contribution in [3.8, 4) is 0 Å². The molecule has 3 rings (SSSR count). The standard InChI is InChI=1S/C21H26N4O2S/c1-5-14(3)25-20(27)19-17(11-13(2)22-19)24-21(25)28-12-18(26)23-15(4)16-9-7-6-8-10-16/h6-11,14-15,22H,5,12H2,1-4H3,(H,23,26). The van der Waals surface area contributed by atoms with Gasteiger partial charge in [0.05, 0.1) is 17.3 Å². The van der Waals surface area contributed by atoms with Gasteiger partial charge in [-0.2, -0.15) is 0 Å². The number of fused-ring (bicyclic) bond motifs is 1. The van der Waals surface area contributed by atoms with Gasteiger partial charge >= 0.3 is 0 Å². The number of carbonyl (C=O) groups excluding carboxylic acids is 1. The van der Waals surface area contributed by atoms with E-state index in [0.717, 1.165) is 17.7 Å². The van der Waals surface area contributed by atoms with Gasteiger partial charge in [-0.25, -0.2) is 4.98 Å². The lowest BCUT2D eigenvalue weighted by Crippen LogP contribution is -2.29. The van der Waals surface area contributed by atoms with E-state index in [1.807, 2.05) is 64.1 Å². The molecule has 7 heteroatoms. The first kappa shape index (κ1) is 20.2. The summed E-state index contributed by atoms with van der Waals surface area (Å²) in [6.07, 6.45) is 0.803. The van der Waals surface area contributed by atoms with E-state index in [0.29, 0.717) is 16.2 Å². The molecule has 0 aliphatic rings. The molecule has 0 aliphatic heterocycles. The van der Waals surface area contributed by atoms with Crippen LogP contribution >= 0.6 is 11.8 Å². The van der Waals surface area contributed by atoms with E-state index in [1.165, 1.54) is 11.8 Å². The maximum atomic E-state index is 12.9. The summed E-state index contributed by atoms with van der Waals surface area (Å²) in [5.41, 5.74) is 3.02. The van der Waals surface area contributed by atoms with Crippen molar-refractivity contribution in [1.82, 2.24) is 19.9 Å². The number of carbonyl (C=O) groups is 1. The first-order valence-corrected chi connectivity index (χ1v) is 10.5. The van der Waals surface area contributed by atoms with Crippen LogP contribution < -0.4 is 10.9 Å². The summed E-state index contributed by atoms with van der Waals surface area (Å²) >= 11 is 1.30. The first-order valence-electron chi connectivity index (χ1n) is 9.49. The van der Waals surface area contributed by atoms with E-state index in [4.69, 9.17) is 0 Å². The Balaban J connectivity index is 1.79. The number of hydrogen-bond donors (Lipinski definition) is 2. The third kappa shape index (κ3) is 4.30. The molecule has 148 valence electrons. The van der Waals surface area contributed by atoms with Crippen molar-refractivity contribution >= 4 is 28.7 Å². The van der Waals surface area contributed by atoms with Gasteiger partial charge in [0.1, 0.15) is 5.52 Å². The smallest absolute Gasteiger partial charge is 0.278 e. The van der Waals surface area contributed by atoms with Gasteiger partial charge in [0.15, 0.2) is 5.16 Å². The highest BCUT2D eigenvalue weighted by molar-refractivity contribution is 7.99. The van der Waals surface area contributed by atoms with Crippen LogP contribution in [0.3, 0.4) is 0 Å². The maximum absolute atomic E-state index is 12.9. The molecule has 0 fully saturated rings. The molecule has 0 spiro atoms. The lowest BCUT2D eigenvalue weighted by molar-refractivity contribution is -0.119. The summed E-state index contributed by atoms with van der Waals surface area (Å²) in [5.74, 6) is 0.117. The lowest BCUT2D eigenvalue weighted by Gasteiger charge is -2.18. The number of aromatic nitrogens is 3. The largest absolute Gasteiger partial charge is 0.353 e. The predicted molar refractivity (Wildman–Crippen MR) is 114 cm³/mol. The number of thioether (sulfide) groups is 1. The van der Waals surface area contributed by atoms with Gasteiger partial charge in [0, 0.05) is 11.7 Å². The van der Waals surface area contributed by atoms with Crippen molar-refractivity contribution in [1.29, 1.82) is 0 Å². The number of benzene rings is 1. The van der Waals surface area contributed by atoms with E-state index in [2.05, 4.69) is 15.3 Å². The van der Waals surface area contributed by atoms with Crippen molar-refractivity contribution in [2.75, 3.05) is 5.75 Å². The van der Waals surface area contributed by atoms with E-state index in [-0.39, 0.29) is 29.3 Å². The Bertz CT molecular complexity index is 1030. The summed E-state index contributed by atoms with van der Waals surface area (Å²) in [6.45, 7) is 7.89. The number of H-pyrrole nitrogens is 1. The summed E-state index contributed by atoms with van der Waals surface area (Å²) in [6, 6.07) is 11.6. The average Bonchev–Trinajstić information content (AvgIpc) is 3.07. The van der Waals surface area contributed by atoms with Gasteiger partial charge in [-0.3, -0.25) is 14.2 Å². The second-order valence-electron chi connectivity index (χ2n) is 7.03. The van der Waals surface area contributed by atoms with Crippen molar-refractivity contribution < 1.29 is 4.79 Å². The summed E-state index contributed by atoms with van der Waals surface area (Å²) < 4.78 is 1.69. The van der Waals surface area contributed by atoms with E-state index >= 15 is 0 Å². The Morgan fingerprint density at radius 3 is 2.68 bits per heavy atom. The van der Waals surface area contributed by atoms with Crippen LogP contribution in [0.2, 0.25) is 0 Å². The minimum absolute atomic E-state index is 0.00168. The molecule has 2 heterocycles. The molecule has 0 bridgehead atoms. The number of nitrogens with zero attached hydrogens (tertiary/aromatic N) is 2. The molecule has 1 aromatic carbocycles. The molecule has 6 nitrogen and oxygen atoms in total. The molecule has 0 aliphatic carbocycles. The van der Waals surface area contributed by atoms with Crippen molar-refractivity contribution in [2.45, 2.75) is 51.4 Å². The number of nitrogens with one attached hydrogen (secondary N) is 2. The maximum Gasteiger partial charge on any atom is 0.278 e. The van der Waals surface area contributed by atoms with E-state index in [1.54, 1.807) is 4.57 Å². The highest BCUT2D eigenvalue weighted by atomic mass is 32.2. The van der Waals surface area contributed by atoms with E-state index in [9.17, 15) is 9.59 Å². The molecule has 28 heavy (non-hydrogen) atoms. The Hall–Kier alpha value is -2.54. The molecule has 0 saturated heterocycles. The van der Waals surface area contributed by atoms with Crippen molar-refractivity contribution in [2.24, 2.45) is 0 Å². The second kappa shape index (κ2) is 8.65. The third-order valence-electron chi connectivity index (χ3n) is 4.83. The first-order chi connectivity index (χ1) is 13.4. The van der Waals surface area contributed by atoms with Gasteiger partial charge in [0.25, 0.3) is 5.56 Å². The fraction of sp³-hybridized carbons (Fsp3) is 0.381. The quantitative estimate of drug-likeness (QED) is 0.466. The van der Waals surface area contributed by atoms with Crippen molar-refractivity contribution in [3.63, 3.8) is 0 Å². The molecule has 3 aromatic rings. The molecule has 0 radical (unpaired) electrons. The zero-order chi connectivity index (χ0) is 20.3. The lowest BCUT2D eigenvalue weighted by atomic mass is 10.1. The van der Waals surface area contributed by atoms with Gasteiger partial charge in [-0.15, -0.1) is 0 Å². The number of aryl methyl sites for hydroxylation is 1. The van der Waals surface area contributed by atoms with Gasteiger partial charge in [-0.1, -0.05) is 49.0 Å². The topological polar surface area (TPSA) is 79.8 Å². The highest BCUT2D eigenvalue weighted by Crippen LogP contribution is 2.23. The SMILES string of the molecule is CCC(C)n1c(SCC(=O)NC(C)c2ccccc2)nc2cc(C)[nH]c2c1=O. The number of aromatic amines is 1. The van der Waals surface area contributed by atoms with Crippen LogP contribution in [0.1, 0.15) is 50.5 Å². The minimum Gasteiger partial charge on any atom is -0.353 e. The number of hydrogen-bond acceptors (Lipinski definition) is 4. The Morgan fingerprint density at radius 1 is 1.29 bits per heavy atom. The summed E-state index contributed by atoms with van der Waals surface area (Å²) in [7, 11) is 0. The minimum atomic E-state index is -0.0898. The predicted octanol–water partition coefficient (Wildman–Crippen LogP) is 3.97. The molecular weight excluding hydrogens is 372 g/mol. The number of rotatable bonds is 7. The van der Waals surface area contributed by atoms with E-state index < -0.39 is 0 Å². The number of amides is 1. The summed E-state index contributed by atoms with van der Waals surface area (Å²) in [4.78, 5) is 33.1. The van der Waals surface area contributed by atoms with Gasteiger partial charge in [0.2, 0.25) is 5.91 Å². The van der Waals surface area contributed by atoms with Crippen LogP contribution in [0.5, 0.6) is 0 Å². The average molecular weight is 399 g/mol. The van der Waals surface area contributed by atoms with Crippen LogP contribution in [0.15, 0.2) is 46.3 Å². The molecule has 0 saturated carbocycles. The van der Waals surface area contributed by atoms with Crippen LogP contribution in [-0.4, -0.2) is 26.2 Å². The highest BCUT2D eigenvalue weighted by Gasteiger charge is 2.18. The zero-order valence-electron chi connectivity index (χ0n) is 16.7. The fourth-order valence-corrected chi connectivity index (χ4v) is 4.01. The van der Waals surface area contributed by atoms with Crippen LogP contribution in [-0.2, 0) is 4.79 Å². The molecule has 2 atom stereocenters. The second-order valence-corrected chi connectivity index (χ2v) is 7.97. The molecule has 2 unspecified atom stereocenters. The molecular formula is C21H26N4O2S. The molecule has 2 aromatic heterocycles. The third-order valence-corrected chi connectivity index (χ3v) is 5.78. The van der Waals surface area contributed by atoms with Crippen LogP contribution in [0, 0.1) is 6.92 Å². The Kier molecular flexibility index (Phi) is 6.24. The monoisotopic (exact) mass is 398 g/mol. The van der Waals surface area contributed by atoms with Gasteiger partial charge in [-0.05, 0) is 38.8 Å². The molecule has 1 amide bonds. The summed E-state index contributed by atoms with van der Waals surface area (Å²) in [5, 5.41) is 3.58. The normalized spacial score (nSPS) is 13.4. The van der Waals surface area contributed by atoms with Gasteiger partial charge < -0.3 is 10.3 Å². The fourth-order valence-electron chi connectivity index (χ4n) is 3.10. The van der Waals surface area contributed by atoms with Crippen LogP contribution in [0.4, 0.5) is 0 Å². The van der Waals surface area contributed by atoms with Crippen LogP contribution in [0.25, 0.3) is 11.0 Å². The Labute approximate surface area is 168 Å². The zero-order valence-corrected chi connectivity index (χ0v) is 17.5. The molecule has 2 N–H and O–H groups in total. The van der Waals surface area contributed by atoms with Crippen molar-refractivity contribution in [3.05, 3.63) is 58.0 Å². The Morgan fingerprint density at radius 2 is 2.00 bits per heavy atom.